The van der Waals surface area contributed by atoms with Gasteiger partial charge in [0.05, 0.1) is 0 Å². The minimum atomic E-state index is -1.05. The van der Waals surface area contributed by atoms with E-state index in [9.17, 15) is 4.79 Å². The van der Waals surface area contributed by atoms with Crippen molar-refractivity contribution in [1.82, 2.24) is 0 Å². The number of ketones is 1. The van der Waals surface area contributed by atoms with E-state index in [2.05, 4.69) is 4.89 Å². The Kier molecular flexibility index (Phi) is 3.34. The van der Waals surface area contributed by atoms with E-state index in [0.29, 0.717) is 0 Å². The smallest absolute Gasteiger partial charge is 0.189 e. The van der Waals surface area contributed by atoms with Crippen molar-refractivity contribution in [3.63, 3.8) is 0 Å². The molecule has 0 aromatic heterocycles. The average molecular weight is 120 g/mol. The molecule has 0 saturated carbocycles. The summed E-state index contributed by atoms with van der Waals surface area (Å²) in [6.45, 7) is 0.860. The minimum Gasteiger partial charge on any atom is -0.386 e. The highest BCUT2D eigenvalue weighted by molar-refractivity contribution is 5.83. The van der Waals surface area contributed by atoms with Crippen LogP contribution in [0.25, 0.3) is 0 Å². The summed E-state index contributed by atoms with van der Waals surface area (Å²) in [5.41, 5.74) is 0. The van der Waals surface area contributed by atoms with Crippen LogP contribution in [0.3, 0.4) is 0 Å². The van der Waals surface area contributed by atoms with Crippen molar-refractivity contribution < 1.29 is 20.0 Å². The molecule has 0 saturated heterocycles. The number of aliphatic hydroxyl groups excluding tert-OH is 1. The zero-order chi connectivity index (χ0) is 6.57. The fourth-order valence-electron chi connectivity index (χ4n) is 0.184. The van der Waals surface area contributed by atoms with Crippen molar-refractivity contribution in [3.8, 4) is 0 Å². The summed E-state index contributed by atoms with van der Waals surface area (Å²) < 4.78 is 0. The van der Waals surface area contributed by atoms with E-state index >= 15 is 0 Å². The van der Waals surface area contributed by atoms with Crippen LogP contribution in [0.2, 0.25) is 0 Å². The first kappa shape index (κ1) is 7.55. The highest BCUT2D eigenvalue weighted by Gasteiger charge is 2.07. The number of rotatable bonds is 3. The van der Waals surface area contributed by atoms with E-state index in [1.54, 1.807) is 0 Å². The van der Waals surface area contributed by atoms with E-state index in [4.69, 9.17) is 10.4 Å². The fourth-order valence-corrected chi connectivity index (χ4v) is 0.184. The Bertz CT molecular complexity index is 78.1. The first-order valence-corrected chi connectivity index (χ1v) is 2.15. The number of carbonyl (C=O) groups excluding carboxylic acids is 1. The summed E-state index contributed by atoms with van der Waals surface area (Å²) in [5.74, 6) is -0.535. The molecule has 8 heavy (non-hydrogen) atoms. The van der Waals surface area contributed by atoms with E-state index in [-0.39, 0.29) is 0 Å². The summed E-state index contributed by atoms with van der Waals surface area (Å²) in [6, 6.07) is 0. The molecule has 0 heterocycles. The zero-order valence-electron chi connectivity index (χ0n) is 4.50. The van der Waals surface area contributed by atoms with E-state index in [1.165, 1.54) is 6.92 Å². The molecule has 0 fully saturated rings. The standard InChI is InChI=1S/C4H8O4/c1-3(5)4(6)2-8-7/h3,5,7H,2H2,1H3. The lowest BCUT2D eigenvalue weighted by Crippen LogP contribution is -2.20. The molecular formula is C4H8O4. The molecule has 0 amide bonds. The Labute approximate surface area is 46.6 Å². The SMILES string of the molecule is CC(O)C(=O)COO. The molecule has 0 aliphatic heterocycles. The van der Waals surface area contributed by atoms with Gasteiger partial charge in [-0.25, -0.2) is 4.89 Å². The van der Waals surface area contributed by atoms with Gasteiger partial charge in [0.1, 0.15) is 12.7 Å². The van der Waals surface area contributed by atoms with Gasteiger partial charge in [0.2, 0.25) is 0 Å². The third-order valence-electron chi connectivity index (χ3n) is 0.673. The van der Waals surface area contributed by atoms with E-state index in [1.807, 2.05) is 0 Å². The lowest BCUT2D eigenvalue weighted by atomic mass is 10.3. The molecule has 0 radical (unpaired) electrons. The number of hydrogen-bond acceptors (Lipinski definition) is 4. The van der Waals surface area contributed by atoms with Gasteiger partial charge in [0, 0.05) is 0 Å². The third kappa shape index (κ3) is 2.68. The Hall–Kier alpha value is -0.450. The molecule has 4 nitrogen and oxygen atoms in total. The van der Waals surface area contributed by atoms with Gasteiger partial charge >= 0.3 is 0 Å². The number of aliphatic hydroxyl groups is 1. The van der Waals surface area contributed by atoms with Crippen LogP contribution in [0.5, 0.6) is 0 Å². The lowest BCUT2D eigenvalue weighted by molar-refractivity contribution is -0.239. The molecule has 48 valence electrons. The summed E-state index contributed by atoms with van der Waals surface area (Å²) in [4.78, 5) is 13.7. The quantitative estimate of drug-likeness (QED) is 0.386. The van der Waals surface area contributed by atoms with Gasteiger partial charge in [0.25, 0.3) is 0 Å². The topological polar surface area (TPSA) is 66.8 Å². The lowest BCUT2D eigenvalue weighted by Gasteiger charge is -1.97. The number of Topliss-reactive ketones (excluding diaryl/α,β-unsaturated/α-hetero) is 1. The molecule has 0 aromatic rings. The Morgan fingerprint density at radius 3 is 2.50 bits per heavy atom. The van der Waals surface area contributed by atoms with Crippen molar-refractivity contribution in [2.75, 3.05) is 6.61 Å². The second-order valence-electron chi connectivity index (χ2n) is 1.42. The first-order valence-electron chi connectivity index (χ1n) is 2.15. The van der Waals surface area contributed by atoms with E-state index in [0.717, 1.165) is 0 Å². The molecule has 0 spiro atoms. The Morgan fingerprint density at radius 2 is 2.38 bits per heavy atom. The molecule has 1 atom stereocenters. The predicted octanol–water partition coefficient (Wildman–Crippen LogP) is -0.574. The van der Waals surface area contributed by atoms with Crippen LogP contribution < -0.4 is 0 Å². The minimum absolute atomic E-state index is 0.447. The summed E-state index contributed by atoms with van der Waals surface area (Å²) in [6.07, 6.45) is -1.05. The molecule has 4 heteroatoms. The van der Waals surface area contributed by atoms with Gasteiger partial charge in [-0.1, -0.05) is 0 Å². The zero-order valence-corrected chi connectivity index (χ0v) is 4.50. The summed E-state index contributed by atoms with van der Waals surface area (Å²) in [7, 11) is 0. The second-order valence-corrected chi connectivity index (χ2v) is 1.42. The second kappa shape index (κ2) is 3.54. The normalized spacial score (nSPS) is 13.4. The summed E-state index contributed by atoms with van der Waals surface area (Å²) in [5, 5.41) is 16.1. The molecular weight excluding hydrogens is 112 g/mol. The summed E-state index contributed by atoms with van der Waals surface area (Å²) >= 11 is 0. The molecule has 0 bridgehead atoms. The van der Waals surface area contributed by atoms with Gasteiger partial charge in [-0.15, -0.1) is 0 Å². The molecule has 0 aliphatic carbocycles. The molecule has 0 aromatic carbocycles. The van der Waals surface area contributed by atoms with Crippen LogP contribution in [0, 0.1) is 0 Å². The van der Waals surface area contributed by atoms with Gasteiger partial charge in [-0.05, 0) is 6.92 Å². The van der Waals surface area contributed by atoms with Crippen molar-refractivity contribution in [1.29, 1.82) is 0 Å². The van der Waals surface area contributed by atoms with Gasteiger partial charge in [-0.2, -0.15) is 0 Å². The maximum absolute atomic E-state index is 10.2. The molecule has 0 rings (SSSR count). The molecule has 1 unspecified atom stereocenters. The Morgan fingerprint density at radius 1 is 1.88 bits per heavy atom. The highest BCUT2D eigenvalue weighted by atomic mass is 17.1. The van der Waals surface area contributed by atoms with Crippen molar-refractivity contribution >= 4 is 5.78 Å². The maximum atomic E-state index is 10.2. The van der Waals surface area contributed by atoms with Crippen LogP contribution >= 0.6 is 0 Å². The van der Waals surface area contributed by atoms with Crippen LogP contribution in [-0.4, -0.2) is 28.9 Å². The molecule has 2 N–H and O–H groups in total. The van der Waals surface area contributed by atoms with Crippen LogP contribution in [-0.2, 0) is 9.68 Å². The van der Waals surface area contributed by atoms with Crippen molar-refractivity contribution in [2.24, 2.45) is 0 Å². The number of carbonyl (C=O) groups is 1. The number of hydrogen-bond donors (Lipinski definition) is 2. The van der Waals surface area contributed by atoms with Crippen molar-refractivity contribution in [2.45, 2.75) is 13.0 Å². The predicted molar refractivity (Wildman–Crippen MR) is 25.3 cm³/mol. The van der Waals surface area contributed by atoms with E-state index < -0.39 is 18.5 Å². The van der Waals surface area contributed by atoms with Crippen LogP contribution in [0.15, 0.2) is 0 Å². The average Bonchev–Trinajstić information content (AvgIpc) is 1.67. The van der Waals surface area contributed by atoms with Gasteiger partial charge in [0.15, 0.2) is 5.78 Å². The molecule has 0 aliphatic rings. The maximum Gasteiger partial charge on any atom is 0.189 e. The largest absolute Gasteiger partial charge is 0.386 e. The first-order chi connectivity index (χ1) is 3.68. The monoisotopic (exact) mass is 120 g/mol. The van der Waals surface area contributed by atoms with Gasteiger partial charge < -0.3 is 5.11 Å². The Balaban J connectivity index is 3.33. The van der Waals surface area contributed by atoms with Gasteiger partial charge in [-0.3, -0.25) is 10.1 Å². The highest BCUT2D eigenvalue weighted by Crippen LogP contribution is 1.81. The fraction of sp³-hybridized carbons (Fsp3) is 0.750. The third-order valence-corrected chi connectivity index (χ3v) is 0.673. The van der Waals surface area contributed by atoms with Crippen LogP contribution in [0.4, 0.5) is 0 Å². The van der Waals surface area contributed by atoms with Crippen molar-refractivity contribution in [3.05, 3.63) is 0 Å². The van der Waals surface area contributed by atoms with Crippen LogP contribution in [0.1, 0.15) is 6.92 Å².